The predicted octanol–water partition coefficient (Wildman–Crippen LogP) is 3.47. The minimum absolute atomic E-state index is 0.700. The van der Waals surface area contributed by atoms with E-state index in [2.05, 4.69) is 20.8 Å². The lowest BCUT2D eigenvalue weighted by atomic mass is 9.62. The highest BCUT2D eigenvalue weighted by Crippen LogP contribution is 2.58. The van der Waals surface area contributed by atoms with E-state index in [0.29, 0.717) is 5.41 Å². The van der Waals surface area contributed by atoms with Gasteiger partial charge in [-0.1, -0.05) is 27.2 Å². The van der Waals surface area contributed by atoms with E-state index in [9.17, 15) is 0 Å². The van der Waals surface area contributed by atoms with Crippen molar-refractivity contribution in [3.8, 4) is 0 Å². The molecule has 0 aromatic rings. The number of hydrogen-bond donors (Lipinski definition) is 0. The van der Waals surface area contributed by atoms with Crippen molar-refractivity contribution in [2.45, 2.75) is 46.5 Å². The Kier molecular flexibility index (Phi) is 1.56. The molecule has 2 atom stereocenters. The van der Waals surface area contributed by atoms with E-state index in [0.717, 1.165) is 17.8 Å². The summed E-state index contributed by atoms with van der Waals surface area (Å²) in [4.78, 5) is 0. The van der Waals surface area contributed by atoms with E-state index >= 15 is 0 Å². The molecule has 0 aromatic heterocycles. The quantitative estimate of drug-likeness (QED) is 0.568. The second-order valence-corrected chi connectivity index (χ2v) is 5.40. The maximum absolute atomic E-state index is 2.41. The van der Waals surface area contributed by atoms with Gasteiger partial charge in [0.1, 0.15) is 0 Å². The van der Waals surface area contributed by atoms with Crippen molar-refractivity contribution in [2.75, 3.05) is 0 Å². The Morgan fingerprint density at radius 3 is 2.27 bits per heavy atom. The molecule has 2 rings (SSSR count). The third kappa shape index (κ3) is 1.32. The summed E-state index contributed by atoms with van der Waals surface area (Å²) in [6.45, 7) is 7.16. The van der Waals surface area contributed by atoms with Gasteiger partial charge in [0.05, 0.1) is 0 Å². The Morgan fingerprint density at radius 1 is 1.27 bits per heavy atom. The fraction of sp³-hybridized carbons (Fsp3) is 1.00. The topological polar surface area (TPSA) is 0 Å². The third-order valence-corrected chi connectivity index (χ3v) is 3.74. The number of hydrogen-bond acceptors (Lipinski definition) is 0. The second kappa shape index (κ2) is 2.24. The van der Waals surface area contributed by atoms with Crippen LogP contribution in [-0.2, 0) is 0 Å². The predicted molar refractivity (Wildman–Crippen MR) is 48.4 cm³/mol. The Labute approximate surface area is 70.4 Å². The molecule has 2 saturated carbocycles. The Balaban J connectivity index is 1.76. The normalized spacial score (nSPS) is 41.7. The van der Waals surface area contributed by atoms with Gasteiger partial charge in [0.25, 0.3) is 0 Å². The zero-order chi connectivity index (χ0) is 8.06. The van der Waals surface area contributed by atoms with Gasteiger partial charge in [-0.25, -0.2) is 0 Å². The molecular formula is C11H20. The van der Waals surface area contributed by atoms with E-state index in [1.165, 1.54) is 19.3 Å². The summed E-state index contributed by atoms with van der Waals surface area (Å²) in [7, 11) is 0. The van der Waals surface area contributed by atoms with E-state index in [-0.39, 0.29) is 0 Å². The highest BCUT2D eigenvalue weighted by Gasteiger charge is 2.49. The fourth-order valence-electron chi connectivity index (χ4n) is 2.98. The van der Waals surface area contributed by atoms with Gasteiger partial charge in [0.15, 0.2) is 0 Å². The lowest BCUT2D eigenvalue weighted by molar-refractivity contribution is 0.0752. The molecule has 2 aliphatic carbocycles. The minimum atomic E-state index is 0.700. The zero-order valence-electron chi connectivity index (χ0n) is 8.06. The molecule has 2 fully saturated rings. The van der Waals surface area contributed by atoms with Crippen molar-refractivity contribution >= 4 is 0 Å². The van der Waals surface area contributed by atoms with E-state index in [4.69, 9.17) is 0 Å². The SMILES string of the molecule is CCC1CC1C1CC(C)(C)C1. The van der Waals surface area contributed by atoms with Gasteiger partial charge in [0.2, 0.25) is 0 Å². The van der Waals surface area contributed by atoms with Crippen LogP contribution in [0.3, 0.4) is 0 Å². The third-order valence-electron chi connectivity index (χ3n) is 3.74. The number of rotatable bonds is 2. The average Bonchev–Trinajstić information content (AvgIpc) is 2.60. The van der Waals surface area contributed by atoms with Crippen LogP contribution in [-0.4, -0.2) is 0 Å². The summed E-state index contributed by atoms with van der Waals surface area (Å²) in [5.41, 5.74) is 0.700. The first-order chi connectivity index (χ1) is 5.12. The largest absolute Gasteiger partial charge is 0.0651 e. The first kappa shape index (κ1) is 7.64. The maximum Gasteiger partial charge on any atom is -0.0349 e. The molecule has 0 aromatic carbocycles. The molecule has 0 nitrogen and oxygen atoms in total. The van der Waals surface area contributed by atoms with Gasteiger partial charge in [-0.05, 0) is 42.4 Å². The molecule has 0 heterocycles. The van der Waals surface area contributed by atoms with Crippen LogP contribution in [0.15, 0.2) is 0 Å². The molecule has 0 aliphatic heterocycles. The highest BCUT2D eigenvalue weighted by atomic mass is 14.5. The first-order valence-electron chi connectivity index (χ1n) is 5.12. The van der Waals surface area contributed by atoms with Crippen LogP contribution in [0, 0.1) is 23.2 Å². The molecule has 0 saturated heterocycles. The van der Waals surface area contributed by atoms with Crippen molar-refractivity contribution in [3.05, 3.63) is 0 Å². The molecule has 2 unspecified atom stereocenters. The van der Waals surface area contributed by atoms with Gasteiger partial charge in [-0.15, -0.1) is 0 Å². The van der Waals surface area contributed by atoms with Crippen LogP contribution in [0.2, 0.25) is 0 Å². The molecule has 0 amide bonds. The summed E-state index contributed by atoms with van der Waals surface area (Å²) in [6, 6.07) is 0. The van der Waals surface area contributed by atoms with Crippen molar-refractivity contribution < 1.29 is 0 Å². The molecule has 0 spiro atoms. The lowest BCUT2D eigenvalue weighted by Crippen LogP contribution is -2.33. The van der Waals surface area contributed by atoms with Gasteiger partial charge in [0, 0.05) is 0 Å². The van der Waals surface area contributed by atoms with Crippen LogP contribution in [0.1, 0.15) is 46.5 Å². The fourth-order valence-corrected chi connectivity index (χ4v) is 2.98. The molecule has 64 valence electrons. The van der Waals surface area contributed by atoms with E-state index in [1.807, 2.05) is 0 Å². The Morgan fingerprint density at radius 2 is 1.91 bits per heavy atom. The van der Waals surface area contributed by atoms with Crippen LogP contribution in [0.5, 0.6) is 0 Å². The summed E-state index contributed by atoms with van der Waals surface area (Å²) < 4.78 is 0. The van der Waals surface area contributed by atoms with Crippen LogP contribution < -0.4 is 0 Å². The maximum atomic E-state index is 2.41. The highest BCUT2D eigenvalue weighted by molar-refractivity contribution is 4.99. The van der Waals surface area contributed by atoms with Crippen LogP contribution in [0.25, 0.3) is 0 Å². The summed E-state index contributed by atoms with van der Waals surface area (Å²) in [5, 5.41) is 0. The zero-order valence-corrected chi connectivity index (χ0v) is 8.06. The monoisotopic (exact) mass is 152 g/mol. The molecular weight excluding hydrogens is 132 g/mol. The van der Waals surface area contributed by atoms with Crippen molar-refractivity contribution in [2.24, 2.45) is 23.2 Å². The van der Waals surface area contributed by atoms with E-state index in [1.54, 1.807) is 6.42 Å². The molecule has 0 heteroatoms. The minimum Gasteiger partial charge on any atom is -0.0651 e. The van der Waals surface area contributed by atoms with E-state index < -0.39 is 0 Å². The lowest BCUT2D eigenvalue weighted by Gasteiger charge is -2.43. The van der Waals surface area contributed by atoms with Crippen molar-refractivity contribution in [1.29, 1.82) is 0 Å². The van der Waals surface area contributed by atoms with Crippen molar-refractivity contribution in [3.63, 3.8) is 0 Å². The smallest absolute Gasteiger partial charge is 0.0349 e. The van der Waals surface area contributed by atoms with Gasteiger partial charge < -0.3 is 0 Å². The molecule has 11 heavy (non-hydrogen) atoms. The second-order valence-electron chi connectivity index (χ2n) is 5.40. The Hall–Kier alpha value is 0. The van der Waals surface area contributed by atoms with Crippen LogP contribution >= 0.6 is 0 Å². The molecule has 2 aliphatic rings. The average molecular weight is 152 g/mol. The summed E-state index contributed by atoms with van der Waals surface area (Å²) >= 11 is 0. The summed E-state index contributed by atoms with van der Waals surface area (Å²) in [5.74, 6) is 3.39. The van der Waals surface area contributed by atoms with Crippen molar-refractivity contribution in [1.82, 2.24) is 0 Å². The van der Waals surface area contributed by atoms with Gasteiger partial charge in [-0.2, -0.15) is 0 Å². The molecule has 0 bridgehead atoms. The Bertz CT molecular complexity index is 149. The molecule has 0 N–H and O–H groups in total. The van der Waals surface area contributed by atoms with Gasteiger partial charge >= 0.3 is 0 Å². The first-order valence-corrected chi connectivity index (χ1v) is 5.12. The van der Waals surface area contributed by atoms with Gasteiger partial charge in [-0.3, -0.25) is 0 Å². The molecule has 0 radical (unpaired) electrons. The standard InChI is InChI=1S/C11H20/c1-4-8-5-10(8)9-6-11(2,3)7-9/h8-10H,4-7H2,1-3H3. The summed E-state index contributed by atoms with van der Waals surface area (Å²) in [6.07, 6.45) is 6.00. The van der Waals surface area contributed by atoms with Crippen LogP contribution in [0.4, 0.5) is 0 Å².